The van der Waals surface area contributed by atoms with E-state index in [2.05, 4.69) is 62.0 Å². The molecule has 0 aromatic carbocycles. The van der Waals surface area contributed by atoms with Crippen LogP contribution in [-0.2, 0) is 0 Å². The molecule has 1 fully saturated rings. The van der Waals surface area contributed by atoms with E-state index in [-0.39, 0.29) is 0 Å². The maximum atomic E-state index is 3.83. The molecule has 0 saturated heterocycles. The second-order valence-electron chi connectivity index (χ2n) is 6.96. The minimum atomic E-state index is 0.708. The highest BCUT2D eigenvalue weighted by Gasteiger charge is 2.05. The van der Waals surface area contributed by atoms with Crippen LogP contribution >= 0.6 is 0 Å². The Bertz CT molecular complexity index is 184. The highest BCUT2D eigenvalue weighted by molar-refractivity contribution is 4.92. The SMILES string of the molecule is C=C(C)C(C)CC.CC1CCCCC1.CCC.CCCCC. The summed E-state index contributed by atoms with van der Waals surface area (Å²) in [6, 6.07) is 0. The minimum absolute atomic E-state index is 0.708. The van der Waals surface area contributed by atoms with Crippen LogP contribution in [-0.4, -0.2) is 0 Å². The molecule has 0 N–H and O–H groups in total. The molecule has 1 unspecified atom stereocenters. The lowest BCUT2D eigenvalue weighted by Crippen LogP contribution is -1.99. The van der Waals surface area contributed by atoms with E-state index in [0.29, 0.717) is 5.92 Å². The van der Waals surface area contributed by atoms with Crippen molar-refractivity contribution in [1.29, 1.82) is 0 Å². The molecule has 0 aromatic heterocycles. The van der Waals surface area contributed by atoms with Crippen LogP contribution in [0.1, 0.15) is 120 Å². The Labute approximate surface area is 144 Å². The van der Waals surface area contributed by atoms with Crippen molar-refractivity contribution in [2.24, 2.45) is 11.8 Å². The van der Waals surface area contributed by atoms with Gasteiger partial charge in [-0.15, -0.1) is 0 Å². The second-order valence-corrected chi connectivity index (χ2v) is 6.96. The zero-order chi connectivity index (χ0) is 17.8. The number of rotatable bonds is 4. The predicted molar refractivity (Wildman–Crippen MR) is 108 cm³/mol. The van der Waals surface area contributed by atoms with Crippen molar-refractivity contribution in [3.63, 3.8) is 0 Å². The smallest absolute Gasteiger partial charge is 0.0240 e. The molecule has 0 heterocycles. The van der Waals surface area contributed by atoms with Crippen molar-refractivity contribution in [3.8, 4) is 0 Å². The Morgan fingerprint density at radius 3 is 1.45 bits per heavy atom. The maximum absolute atomic E-state index is 3.83. The zero-order valence-electron chi connectivity index (χ0n) is 17.4. The number of allylic oxidation sites excluding steroid dienone is 1. The van der Waals surface area contributed by atoms with E-state index in [0.717, 1.165) is 5.92 Å². The van der Waals surface area contributed by atoms with Gasteiger partial charge >= 0.3 is 0 Å². The fourth-order valence-corrected chi connectivity index (χ4v) is 2.01. The molecular formula is C22H48. The van der Waals surface area contributed by atoms with Gasteiger partial charge in [0.25, 0.3) is 0 Å². The molecule has 1 aliphatic rings. The third-order valence-electron chi connectivity index (χ3n) is 4.05. The first kappa shape index (κ1) is 26.6. The molecule has 0 aliphatic heterocycles. The average Bonchev–Trinajstić information content (AvgIpc) is 2.50. The normalized spacial score (nSPS) is 15.1. The molecule has 0 bridgehead atoms. The van der Waals surface area contributed by atoms with Crippen LogP contribution in [0.25, 0.3) is 0 Å². The van der Waals surface area contributed by atoms with Gasteiger partial charge in [0.1, 0.15) is 0 Å². The van der Waals surface area contributed by atoms with Gasteiger partial charge in [-0.3, -0.25) is 0 Å². The molecule has 0 nitrogen and oxygen atoms in total. The van der Waals surface area contributed by atoms with Gasteiger partial charge < -0.3 is 0 Å². The van der Waals surface area contributed by atoms with Gasteiger partial charge in [0.15, 0.2) is 0 Å². The molecule has 0 radical (unpaired) electrons. The molecular weight excluding hydrogens is 264 g/mol. The lowest BCUT2D eigenvalue weighted by atomic mass is 9.91. The van der Waals surface area contributed by atoms with E-state index >= 15 is 0 Å². The molecule has 1 saturated carbocycles. The van der Waals surface area contributed by atoms with Gasteiger partial charge in [-0.05, 0) is 25.2 Å². The molecule has 1 atom stereocenters. The van der Waals surface area contributed by atoms with Crippen LogP contribution in [0.2, 0.25) is 0 Å². The van der Waals surface area contributed by atoms with Crippen molar-refractivity contribution in [2.75, 3.05) is 0 Å². The Kier molecular flexibility index (Phi) is 27.9. The molecule has 0 spiro atoms. The van der Waals surface area contributed by atoms with E-state index in [1.165, 1.54) is 69.8 Å². The van der Waals surface area contributed by atoms with E-state index in [1.807, 2.05) is 0 Å². The molecule has 22 heavy (non-hydrogen) atoms. The quantitative estimate of drug-likeness (QED) is 0.455. The highest BCUT2D eigenvalue weighted by Crippen LogP contribution is 2.22. The number of hydrogen-bond acceptors (Lipinski definition) is 0. The summed E-state index contributed by atoms with van der Waals surface area (Å²) in [5.41, 5.74) is 1.29. The fourth-order valence-electron chi connectivity index (χ4n) is 2.01. The summed E-state index contributed by atoms with van der Waals surface area (Å²) < 4.78 is 0. The first-order chi connectivity index (χ1) is 10.4. The van der Waals surface area contributed by atoms with Gasteiger partial charge in [0.05, 0.1) is 0 Å². The standard InChI is InChI=1S/2C7H14.C5H12.C3H8/c1-7-5-3-2-4-6-7;1-5-7(4)6(2)3;1-3-5-4-2;1-3-2/h7H,2-6H2,1H3;7H,2,5H2,1,3-4H3;3-5H2,1-2H3;3H2,1-2H3. The Morgan fingerprint density at radius 2 is 1.36 bits per heavy atom. The molecule has 0 amide bonds. The van der Waals surface area contributed by atoms with E-state index in [1.54, 1.807) is 0 Å². The lowest BCUT2D eigenvalue weighted by Gasteiger charge is -2.15. The largest absolute Gasteiger partial charge is 0.0999 e. The summed E-state index contributed by atoms with van der Waals surface area (Å²) in [5.74, 6) is 1.74. The maximum Gasteiger partial charge on any atom is -0.0240 e. The highest BCUT2D eigenvalue weighted by atomic mass is 14.1. The predicted octanol–water partition coefficient (Wildman–Crippen LogP) is 8.81. The topological polar surface area (TPSA) is 0 Å². The molecule has 0 aromatic rings. The monoisotopic (exact) mass is 312 g/mol. The fraction of sp³-hybridized carbons (Fsp3) is 0.909. The van der Waals surface area contributed by atoms with Crippen molar-refractivity contribution in [3.05, 3.63) is 12.2 Å². The summed E-state index contributed by atoms with van der Waals surface area (Å²) in [6.45, 7) is 21.3. The number of unbranched alkanes of at least 4 members (excludes halogenated alkanes) is 2. The van der Waals surface area contributed by atoms with Crippen LogP contribution < -0.4 is 0 Å². The van der Waals surface area contributed by atoms with Crippen molar-refractivity contribution < 1.29 is 0 Å². The lowest BCUT2D eigenvalue weighted by molar-refractivity contribution is 0.385. The Hall–Kier alpha value is -0.260. The van der Waals surface area contributed by atoms with Crippen LogP contribution in [0.5, 0.6) is 0 Å². The summed E-state index contributed by atoms with van der Waals surface area (Å²) in [4.78, 5) is 0. The molecule has 1 rings (SSSR count). The van der Waals surface area contributed by atoms with Gasteiger partial charge in [-0.2, -0.15) is 0 Å². The van der Waals surface area contributed by atoms with Crippen LogP contribution in [0.15, 0.2) is 12.2 Å². The molecule has 0 heteroatoms. The van der Waals surface area contributed by atoms with Crippen molar-refractivity contribution in [2.45, 2.75) is 120 Å². The third kappa shape index (κ3) is 28.0. The van der Waals surface area contributed by atoms with Crippen molar-refractivity contribution in [1.82, 2.24) is 0 Å². The summed E-state index contributed by atoms with van der Waals surface area (Å²) in [7, 11) is 0. The second kappa shape index (κ2) is 23.0. The summed E-state index contributed by atoms with van der Waals surface area (Å²) in [5, 5.41) is 0. The Morgan fingerprint density at radius 1 is 0.955 bits per heavy atom. The third-order valence-corrected chi connectivity index (χ3v) is 4.05. The van der Waals surface area contributed by atoms with Gasteiger partial charge in [-0.25, -0.2) is 0 Å². The van der Waals surface area contributed by atoms with E-state index in [9.17, 15) is 0 Å². The van der Waals surface area contributed by atoms with Crippen LogP contribution in [0, 0.1) is 11.8 Å². The van der Waals surface area contributed by atoms with Gasteiger partial charge in [0.2, 0.25) is 0 Å². The van der Waals surface area contributed by atoms with Gasteiger partial charge in [0, 0.05) is 0 Å². The number of hydrogen-bond donors (Lipinski definition) is 0. The summed E-state index contributed by atoms with van der Waals surface area (Å²) >= 11 is 0. The molecule has 136 valence electrons. The zero-order valence-corrected chi connectivity index (χ0v) is 17.4. The van der Waals surface area contributed by atoms with Crippen LogP contribution in [0.4, 0.5) is 0 Å². The minimum Gasteiger partial charge on any atom is -0.0999 e. The van der Waals surface area contributed by atoms with E-state index in [4.69, 9.17) is 0 Å². The van der Waals surface area contributed by atoms with Gasteiger partial charge in [-0.1, -0.05) is 118 Å². The Balaban J connectivity index is -0.000000229. The van der Waals surface area contributed by atoms with Crippen molar-refractivity contribution >= 4 is 0 Å². The first-order valence-electron chi connectivity index (χ1n) is 10.1. The summed E-state index contributed by atoms with van der Waals surface area (Å²) in [6.07, 6.45) is 14.0. The molecule has 1 aliphatic carbocycles. The average molecular weight is 313 g/mol. The van der Waals surface area contributed by atoms with E-state index < -0.39 is 0 Å². The van der Waals surface area contributed by atoms with Crippen LogP contribution in [0.3, 0.4) is 0 Å². The first-order valence-corrected chi connectivity index (χ1v) is 10.1.